The number of para-hydroxylation sites is 1. The lowest BCUT2D eigenvalue weighted by Gasteiger charge is -2.18. The first-order valence-electron chi connectivity index (χ1n) is 10.6. The molecule has 0 saturated carbocycles. The minimum atomic E-state index is -0.503. The third-order valence-electron chi connectivity index (χ3n) is 5.53. The van der Waals surface area contributed by atoms with E-state index in [1.165, 1.54) is 7.11 Å². The predicted octanol–water partition coefficient (Wildman–Crippen LogP) is 5.24. The van der Waals surface area contributed by atoms with E-state index >= 15 is 0 Å². The van der Waals surface area contributed by atoms with Crippen LogP contribution < -0.4 is 9.47 Å². The van der Waals surface area contributed by atoms with Gasteiger partial charge in [-0.2, -0.15) is 0 Å². The molecule has 7 nitrogen and oxygen atoms in total. The standard InChI is InChI=1S/C24H22Cl2N2O5S/c1-32-19-6-4-5-15(22(19)33-14-16-7-8-17(25)12-18(16)26)11-20-23(30)28(24(31)34-20)13-21(29)27-9-2-3-10-27/h4-8,11-12H,2-3,9-10,13-14H2,1H3/b20-11-. The van der Waals surface area contributed by atoms with Crippen molar-refractivity contribution in [3.05, 3.63) is 62.5 Å². The number of benzene rings is 2. The third kappa shape index (κ3) is 5.35. The summed E-state index contributed by atoms with van der Waals surface area (Å²) in [5.74, 6) is 0.140. The molecule has 0 spiro atoms. The number of thioether (sulfide) groups is 1. The Labute approximate surface area is 211 Å². The van der Waals surface area contributed by atoms with Gasteiger partial charge in [-0.1, -0.05) is 41.4 Å². The molecule has 4 rings (SSSR count). The topological polar surface area (TPSA) is 76.2 Å². The minimum Gasteiger partial charge on any atom is -0.493 e. The third-order valence-corrected chi connectivity index (χ3v) is 7.02. The maximum Gasteiger partial charge on any atom is 0.294 e. The Balaban J connectivity index is 1.55. The number of likely N-dealkylation sites (tertiary alicyclic amines) is 1. The van der Waals surface area contributed by atoms with Crippen LogP contribution in [0.5, 0.6) is 11.5 Å². The second-order valence-corrected chi connectivity index (χ2v) is 9.60. The van der Waals surface area contributed by atoms with Gasteiger partial charge in [0.1, 0.15) is 13.2 Å². The van der Waals surface area contributed by atoms with Gasteiger partial charge in [0.2, 0.25) is 5.91 Å². The lowest BCUT2D eigenvalue weighted by atomic mass is 10.1. The van der Waals surface area contributed by atoms with E-state index in [4.69, 9.17) is 32.7 Å². The highest BCUT2D eigenvalue weighted by Crippen LogP contribution is 2.38. The molecule has 10 heteroatoms. The fourth-order valence-electron chi connectivity index (χ4n) is 3.73. The summed E-state index contributed by atoms with van der Waals surface area (Å²) in [5.41, 5.74) is 1.28. The zero-order chi connectivity index (χ0) is 24.2. The zero-order valence-corrected chi connectivity index (χ0v) is 20.7. The number of ether oxygens (including phenoxy) is 2. The summed E-state index contributed by atoms with van der Waals surface area (Å²) in [6, 6.07) is 10.4. The number of hydrogen-bond donors (Lipinski definition) is 0. The summed E-state index contributed by atoms with van der Waals surface area (Å²) in [4.78, 5) is 40.8. The number of rotatable bonds is 7. The van der Waals surface area contributed by atoms with Crippen LogP contribution in [0, 0.1) is 0 Å². The fourth-order valence-corrected chi connectivity index (χ4v) is 5.02. The first kappa shape index (κ1) is 24.4. The summed E-state index contributed by atoms with van der Waals surface area (Å²) < 4.78 is 11.5. The molecule has 0 N–H and O–H groups in total. The first-order chi connectivity index (χ1) is 16.4. The van der Waals surface area contributed by atoms with E-state index in [9.17, 15) is 14.4 Å². The molecule has 0 aliphatic carbocycles. The summed E-state index contributed by atoms with van der Waals surface area (Å²) in [6.07, 6.45) is 3.45. The van der Waals surface area contributed by atoms with Crippen molar-refractivity contribution in [3.8, 4) is 11.5 Å². The van der Waals surface area contributed by atoms with Crippen LogP contribution in [0.4, 0.5) is 4.79 Å². The highest BCUT2D eigenvalue weighted by molar-refractivity contribution is 8.18. The number of carbonyl (C=O) groups excluding carboxylic acids is 3. The Bertz CT molecular complexity index is 1160. The lowest BCUT2D eigenvalue weighted by Crippen LogP contribution is -2.40. The zero-order valence-electron chi connectivity index (χ0n) is 18.4. The molecule has 2 aliphatic rings. The van der Waals surface area contributed by atoms with Crippen molar-refractivity contribution in [3.63, 3.8) is 0 Å². The van der Waals surface area contributed by atoms with Gasteiger partial charge in [-0.25, -0.2) is 0 Å². The predicted molar refractivity (Wildman–Crippen MR) is 132 cm³/mol. The molecule has 2 heterocycles. The lowest BCUT2D eigenvalue weighted by molar-refractivity contribution is -0.135. The van der Waals surface area contributed by atoms with Gasteiger partial charge >= 0.3 is 0 Å². The molecule has 34 heavy (non-hydrogen) atoms. The fraction of sp³-hybridized carbons (Fsp3) is 0.292. The molecule has 0 radical (unpaired) electrons. The van der Waals surface area contributed by atoms with Crippen LogP contribution in [0.1, 0.15) is 24.0 Å². The molecule has 2 aliphatic heterocycles. The summed E-state index contributed by atoms with van der Waals surface area (Å²) in [5, 5.41) is 0.514. The monoisotopic (exact) mass is 520 g/mol. The van der Waals surface area contributed by atoms with Gasteiger partial charge in [0, 0.05) is 34.3 Å². The second kappa shape index (κ2) is 10.7. The maximum atomic E-state index is 12.9. The molecule has 0 unspecified atom stereocenters. The average Bonchev–Trinajstić information content (AvgIpc) is 3.44. The number of nitrogens with zero attached hydrogens (tertiary/aromatic N) is 2. The van der Waals surface area contributed by atoms with Crippen molar-refractivity contribution in [1.82, 2.24) is 9.80 Å². The Hall–Kier alpha value is -2.68. The molecule has 2 saturated heterocycles. The highest BCUT2D eigenvalue weighted by Gasteiger charge is 2.37. The summed E-state index contributed by atoms with van der Waals surface area (Å²) in [7, 11) is 1.51. The number of methoxy groups -OCH3 is 1. The van der Waals surface area contributed by atoms with Crippen molar-refractivity contribution in [2.24, 2.45) is 0 Å². The SMILES string of the molecule is COc1cccc(/C=C2\SC(=O)N(CC(=O)N3CCCC3)C2=O)c1OCc1ccc(Cl)cc1Cl. The molecular weight excluding hydrogens is 499 g/mol. The van der Waals surface area contributed by atoms with Crippen LogP contribution >= 0.6 is 35.0 Å². The molecule has 2 aromatic carbocycles. The van der Waals surface area contributed by atoms with Crippen LogP contribution in [0.3, 0.4) is 0 Å². The van der Waals surface area contributed by atoms with Gasteiger partial charge in [-0.05, 0) is 48.9 Å². The molecule has 0 atom stereocenters. The number of carbonyl (C=O) groups is 3. The Kier molecular flexibility index (Phi) is 7.70. The van der Waals surface area contributed by atoms with Crippen LogP contribution in [-0.4, -0.2) is 53.6 Å². The Morgan fingerprint density at radius 3 is 2.62 bits per heavy atom. The number of amides is 3. The van der Waals surface area contributed by atoms with Crippen LogP contribution in [0.2, 0.25) is 10.0 Å². The Morgan fingerprint density at radius 2 is 1.91 bits per heavy atom. The molecule has 0 aromatic heterocycles. The van der Waals surface area contributed by atoms with Gasteiger partial charge in [0.15, 0.2) is 11.5 Å². The molecular formula is C24H22Cl2N2O5S. The molecule has 2 aromatic rings. The van der Waals surface area contributed by atoms with E-state index in [2.05, 4.69) is 0 Å². The van der Waals surface area contributed by atoms with Gasteiger partial charge < -0.3 is 14.4 Å². The van der Waals surface area contributed by atoms with E-state index in [1.807, 2.05) is 0 Å². The quantitative estimate of drug-likeness (QED) is 0.464. The molecule has 2 fully saturated rings. The van der Waals surface area contributed by atoms with Crippen LogP contribution in [-0.2, 0) is 16.2 Å². The van der Waals surface area contributed by atoms with Crippen molar-refractivity contribution >= 4 is 58.1 Å². The summed E-state index contributed by atoms with van der Waals surface area (Å²) in [6.45, 7) is 1.21. The number of hydrogen-bond acceptors (Lipinski definition) is 6. The van der Waals surface area contributed by atoms with Crippen molar-refractivity contribution < 1.29 is 23.9 Å². The number of halogens is 2. The largest absolute Gasteiger partial charge is 0.493 e. The van der Waals surface area contributed by atoms with E-state index in [-0.39, 0.29) is 24.0 Å². The van der Waals surface area contributed by atoms with E-state index in [0.29, 0.717) is 40.2 Å². The summed E-state index contributed by atoms with van der Waals surface area (Å²) >= 11 is 13.0. The maximum absolute atomic E-state index is 12.9. The molecule has 3 amide bonds. The molecule has 178 valence electrons. The van der Waals surface area contributed by atoms with Crippen molar-refractivity contribution in [2.45, 2.75) is 19.4 Å². The smallest absolute Gasteiger partial charge is 0.294 e. The average molecular weight is 521 g/mol. The minimum absolute atomic E-state index is 0.142. The molecule has 0 bridgehead atoms. The van der Waals surface area contributed by atoms with Crippen molar-refractivity contribution in [1.29, 1.82) is 0 Å². The van der Waals surface area contributed by atoms with Gasteiger partial charge in [0.05, 0.1) is 12.0 Å². The van der Waals surface area contributed by atoms with Crippen LogP contribution in [0.15, 0.2) is 41.3 Å². The first-order valence-corrected chi connectivity index (χ1v) is 12.2. The van der Waals surface area contributed by atoms with Gasteiger partial charge in [0.25, 0.3) is 11.1 Å². The van der Waals surface area contributed by atoms with E-state index in [0.717, 1.165) is 35.1 Å². The van der Waals surface area contributed by atoms with E-state index in [1.54, 1.807) is 47.4 Å². The van der Waals surface area contributed by atoms with Crippen molar-refractivity contribution in [2.75, 3.05) is 26.7 Å². The Morgan fingerprint density at radius 1 is 1.15 bits per heavy atom. The van der Waals surface area contributed by atoms with E-state index < -0.39 is 11.1 Å². The highest BCUT2D eigenvalue weighted by atomic mass is 35.5. The van der Waals surface area contributed by atoms with Gasteiger partial charge in [-0.15, -0.1) is 0 Å². The normalized spacial score (nSPS) is 17.1. The van der Waals surface area contributed by atoms with Gasteiger partial charge in [-0.3, -0.25) is 19.3 Å². The van der Waals surface area contributed by atoms with Crippen LogP contribution in [0.25, 0.3) is 6.08 Å². The number of imide groups is 1. The second-order valence-electron chi connectivity index (χ2n) is 7.76.